The lowest BCUT2D eigenvalue weighted by molar-refractivity contribution is -0.124. The predicted octanol–water partition coefficient (Wildman–Crippen LogP) is 0.159. The summed E-state index contributed by atoms with van der Waals surface area (Å²) in [5.74, 6) is 0.0654. The molecule has 1 saturated carbocycles. The lowest BCUT2D eigenvalue weighted by atomic mass is 10.3. The summed E-state index contributed by atoms with van der Waals surface area (Å²) in [6, 6.07) is 0.161. The lowest BCUT2D eigenvalue weighted by Crippen LogP contribution is -2.44. The molecule has 1 aliphatic rings. The minimum Gasteiger partial charge on any atom is -0.356 e. The van der Waals surface area contributed by atoms with Crippen molar-refractivity contribution in [3.05, 3.63) is 0 Å². The van der Waals surface area contributed by atoms with Gasteiger partial charge in [-0.15, -0.1) is 0 Å². The minimum absolute atomic E-state index is 0.0291. The molecule has 0 aromatic heterocycles. The minimum atomic E-state index is -0.227. The summed E-state index contributed by atoms with van der Waals surface area (Å²) in [4.78, 5) is 22.9. The normalized spacial score (nSPS) is 16.4. The highest BCUT2D eigenvalue weighted by atomic mass is 16.2. The Morgan fingerprint density at radius 1 is 1.29 bits per heavy atom. The van der Waals surface area contributed by atoms with Crippen LogP contribution in [0.25, 0.3) is 0 Å². The van der Waals surface area contributed by atoms with Gasteiger partial charge in [-0.2, -0.15) is 0 Å². The van der Waals surface area contributed by atoms with Crippen LogP contribution in [0.3, 0.4) is 0 Å². The van der Waals surface area contributed by atoms with E-state index in [0.717, 1.165) is 25.8 Å². The molecule has 0 heterocycles. The van der Waals surface area contributed by atoms with Gasteiger partial charge in [0.25, 0.3) is 0 Å². The number of hydrogen-bond acceptors (Lipinski definition) is 3. The van der Waals surface area contributed by atoms with Gasteiger partial charge in [0.15, 0.2) is 0 Å². The molecule has 0 radical (unpaired) electrons. The Morgan fingerprint density at radius 3 is 2.59 bits per heavy atom. The number of hydrogen-bond donors (Lipinski definition) is 3. The maximum Gasteiger partial charge on any atom is 0.237 e. The van der Waals surface area contributed by atoms with Crippen LogP contribution in [-0.2, 0) is 9.59 Å². The Morgan fingerprint density at radius 2 is 2.00 bits per heavy atom. The molecular formula is C12H23N3O2. The molecule has 1 rings (SSSR count). The topological polar surface area (TPSA) is 70.2 Å². The maximum absolute atomic E-state index is 11.6. The van der Waals surface area contributed by atoms with Crippen molar-refractivity contribution in [1.82, 2.24) is 16.0 Å². The summed E-state index contributed by atoms with van der Waals surface area (Å²) in [5, 5.41) is 8.77. The van der Waals surface area contributed by atoms with E-state index in [-0.39, 0.29) is 17.9 Å². The first kappa shape index (κ1) is 14.0. The van der Waals surface area contributed by atoms with Crippen LogP contribution in [0.1, 0.15) is 39.5 Å². The summed E-state index contributed by atoms with van der Waals surface area (Å²) in [6.07, 6.45) is 3.55. The fourth-order valence-corrected chi connectivity index (χ4v) is 1.40. The van der Waals surface area contributed by atoms with Crippen molar-refractivity contribution in [2.45, 2.75) is 51.6 Å². The highest BCUT2D eigenvalue weighted by Gasteiger charge is 2.25. The highest BCUT2D eigenvalue weighted by molar-refractivity contribution is 5.82. The van der Waals surface area contributed by atoms with Crippen LogP contribution in [0.4, 0.5) is 0 Å². The van der Waals surface area contributed by atoms with E-state index in [1.54, 1.807) is 0 Å². The Hall–Kier alpha value is -1.10. The molecular weight excluding hydrogens is 218 g/mol. The highest BCUT2D eigenvalue weighted by Crippen LogP contribution is 2.18. The lowest BCUT2D eigenvalue weighted by Gasteiger charge is -2.13. The Bertz CT molecular complexity index is 264. The molecule has 0 aliphatic heterocycles. The zero-order chi connectivity index (χ0) is 12.7. The first-order valence-corrected chi connectivity index (χ1v) is 6.44. The second-order valence-electron chi connectivity index (χ2n) is 4.56. The average molecular weight is 241 g/mol. The molecule has 1 fully saturated rings. The van der Waals surface area contributed by atoms with Crippen molar-refractivity contribution < 1.29 is 9.59 Å². The summed E-state index contributed by atoms with van der Waals surface area (Å²) in [5.41, 5.74) is 0. The Labute approximate surface area is 103 Å². The zero-order valence-corrected chi connectivity index (χ0v) is 10.7. The Kier molecular flexibility index (Phi) is 5.97. The second-order valence-corrected chi connectivity index (χ2v) is 4.56. The molecule has 1 atom stereocenters. The first-order chi connectivity index (χ1) is 8.13. The molecule has 0 spiro atoms. The van der Waals surface area contributed by atoms with Crippen LogP contribution in [-0.4, -0.2) is 37.0 Å². The number of nitrogens with one attached hydrogen (secondary N) is 3. The van der Waals surface area contributed by atoms with Crippen molar-refractivity contribution in [3.8, 4) is 0 Å². The van der Waals surface area contributed by atoms with Crippen molar-refractivity contribution in [1.29, 1.82) is 0 Å². The van der Waals surface area contributed by atoms with E-state index in [1.807, 2.05) is 13.8 Å². The Balaban J connectivity index is 2.03. The van der Waals surface area contributed by atoms with Crippen LogP contribution >= 0.6 is 0 Å². The molecule has 5 nitrogen and oxygen atoms in total. The summed E-state index contributed by atoms with van der Waals surface area (Å²) < 4.78 is 0. The molecule has 3 N–H and O–H groups in total. The van der Waals surface area contributed by atoms with E-state index in [4.69, 9.17) is 0 Å². The van der Waals surface area contributed by atoms with Gasteiger partial charge in [0.05, 0.1) is 6.04 Å². The first-order valence-electron chi connectivity index (χ1n) is 6.44. The third kappa shape index (κ3) is 6.26. The standard InChI is InChI=1S/C12H23N3O2/c1-3-7-14-11(16)6-8-13-9(2)12(17)15-10-4-5-10/h9-10,13H,3-8H2,1-2H3,(H,14,16)(H,15,17). The molecule has 0 aromatic rings. The zero-order valence-electron chi connectivity index (χ0n) is 10.7. The van der Waals surface area contributed by atoms with Gasteiger partial charge in [0.1, 0.15) is 0 Å². The van der Waals surface area contributed by atoms with Crippen molar-refractivity contribution >= 4 is 11.8 Å². The van der Waals surface area contributed by atoms with Gasteiger partial charge in [-0.1, -0.05) is 6.92 Å². The molecule has 1 aliphatic carbocycles. The van der Waals surface area contributed by atoms with E-state index in [1.165, 1.54) is 0 Å². The number of carbonyl (C=O) groups excluding carboxylic acids is 2. The largest absolute Gasteiger partial charge is 0.356 e. The van der Waals surface area contributed by atoms with Crippen LogP contribution in [0.15, 0.2) is 0 Å². The van der Waals surface area contributed by atoms with Crippen molar-refractivity contribution in [2.24, 2.45) is 0 Å². The third-order valence-corrected chi connectivity index (χ3v) is 2.69. The van der Waals surface area contributed by atoms with Crippen molar-refractivity contribution in [3.63, 3.8) is 0 Å². The van der Waals surface area contributed by atoms with Gasteiger partial charge in [0, 0.05) is 25.6 Å². The van der Waals surface area contributed by atoms with Crippen LogP contribution < -0.4 is 16.0 Å². The van der Waals surface area contributed by atoms with Gasteiger partial charge >= 0.3 is 0 Å². The number of rotatable bonds is 8. The molecule has 98 valence electrons. The fourth-order valence-electron chi connectivity index (χ4n) is 1.40. The van der Waals surface area contributed by atoms with Crippen LogP contribution in [0.2, 0.25) is 0 Å². The van der Waals surface area contributed by atoms with Crippen LogP contribution in [0, 0.1) is 0 Å². The SMILES string of the molecule is CCCNC(=O)CCNC(C)C(=O)NC1CC1. The monoisotopic (exact) mass is 241 g/mol. The van der Waals surface area contributed by atoms with Gasteiger partial charge < -0.3 is 16.0 Å². The molecule has 0 bridgehead atoms. The molecule has 0 saturated heterocycles. The van der Waals surface area contributed by atoms with E-state index < -0.39 is 0 Å². The van der Waals surface area contributed by atoms with E-state index in [2.05, 4.69) is 16.0 Å². The van der Waals surface area contributed by atoms with Gasteiger partial charge in [-0.05, 0) is 26.2 Å². The number of carbonyl (C=O) groups is 2. The third-order valence-electron chi connectivity index (χ3n) is 2.69. The molecule has 0 aromatic carbocycles. The maximum atomic E-state index is 11.6. The van der Waals surface area contributed by atoms with Gasteiger partial charge in [-0.25, -0.2) is 0 Å². The molecule has 2 amide bonds. The van der Waals surface area contributed by atoms with Gasteiger partial charge in [0.2, 0.25) is 11.8 Å². The van der Waals surface area contributed by atoms with E-state index >= 15 is 0 Å². The number of amides is 2. The molecule has 17 heavy (non-hydrogen) atoms. The summed E-state index contributed by atoms with van der Waals surface area (Å²) in [6.45, 7) is 5.09. The second kappa shape index (κ2) is 7.27. The van der Waals surface area contributed by atoms with E-state index in [9.17, 15) is 9.59 Å². The average Bonchev–Trinajstić information content (AvgIpc) is 3.10. The molecule has 1 unspecified atom stereocenters. The van der Waals surface area contributed by atoms with Crippen LogP contribution in [0.5, 0.6) is 0 Å². The quantitative estimate of drug-likeness (QED) is 0.567. The smallest absolute Gasteiger partial charge is 0.237 e. The van der Waals surface area contributed by atoms with Gasteiger partial charge in [-0.3, -0.25) is 9.59 Å². The summed E-state index contributed by atoms with van der Waals surface area (Å²) in [7, 11) is 0. The van der Waals surface area contributed by atoms with Crippen molar-refractivity contribution in [2.75, 3.05) is 13.1 Å². The predicted molar refractivity (Wildman–Crippen MR) is 66.5 cm³/mol. The fraction of sp³-hybridized carbons (Fsp3) is 0.833. The molecule has 5 heteroatoms. The summed E-state index contributed by atoms with van der Waals surface area (Å²) >= 11 is 0. The van der Waals surface area contributed by atoms with E-state index in [0.29, 0.717) is 19.0 Å².